The van der Waals surface area contributed by atoms with Crippen LogP contribution in [0.2, 0.25) is 0 Å². The minimum absolute atomic E-state index is 0.0174. The van der Waals surface area contributed by atoms with Crippen LogP contribution in [0.25, 0.3) is 0 Å². The van der Waals surface area contributed by atoms with Crippen molar-refractivity contribution in [1.29, 1.82) is 0 Å². The fraction of sp³-hybridized carbons (Fsp3) is 0.900. The van der Waals surface area contributed by atoms with Gasteiger partial charge in [0.1, 0.15) is 6.10 Å². The zero-order valence-electron chi connectivity index (χ0n) is 8.47. The van der Waals surface area contributed by atoms with Crippen LogP contribution in [0.1, 0.15) is 40.0 Å². The van der Waals surface area contributed by atoms with Crippen LogP contribution in [-0.4, -0.2) is 11.5 Å². The van der Waals surface area contributed by atoms with Crippen molar-refractivity contribution in [3.05, 3.63) is 0 Å². The predicted octanol–water partition coefficient (Wildman–Crippen LogP) is 3.58. The first-order valence-corrected chi connectivity index (χ1v) is 5.13. The summed E-state index contributed by atoms with van der Waals surface area (Å²) in [6.45, 7) is 6.60. The number of carbonyl (C=O) groups excluding carboxylic acids is 1. The van der Waals surface area contributed by atoms with Crippen molar-refractivity contribution in [1.82, 2.24) is 0 Å². The Bertz CT molecular complexity index is 201. The highest BCUT2D eigenvalue weighted by Crippen LogP contribution is 2.39. The minimum Gasteiger partial charge on any atom is -0.450 e. The van der Waals surface area contributed by atoms with Gasteiger partial charge < -0.3 is 4.74 Å². The van der Waals surface area contributed by atoms with Gasteiger partial charge in [0.25, 0.3) is 0 Å². The van der Waals surface area contributed by atoms with Crippen LogP contribution in [0, 0.1) is 11.3 Å². The van der Waals surface area contributed by atoms with Gasteiger partial charge in [-0.25, -0.2) is 4.79 Å². The van der Waals surface area contributed by atoms with Crippen LogP contribution >= 0.6 is 11.6 Å². The molecular formula is C10H17ClO2. The van der Waals surface area contributed by atoms with Crippen LogP contribution in [0.5, 0.6) is 0 Å². The molecule has 0 aromatic rings. The van der Waals surface area contributed by atoms with Crippen molar-refractivity contribution in [2.45, 2.75) is 46.1 Å². The van der Waals surface area contributed by atoms with E-state index in [0.717, 1.165) is 12.8 Å². The van der Waals surface area contributed by atoms with Gasteiger partial charge in [-0.1, -0.05) is 20.8 Å². The Hall–Kier alpha value is -0.240. The lowest BCUT2D eigenvalue weighted by atomic mass is 9.71. The third-order valence-electron chi connectivity index (χ3n) is 2.61. The van der Waals surface area contributed by atoms with Crippen LogP contribution in [0.4, 0.5) is 4.79 Å². The number of carbonyl (C=O) groups is 1. The van der Waals surface area contributed by atoms with E-state index in [4.69, 9.17) is 16.3 Å². The van der Waals surface area contributed by atoms with Crippen molar-refractivity contribution in [2.24, 2.45) is 11.3 Å². The molecule has 0 saturated heterocycles. The normalized spacial score (nSPS) is 32.6. The maximum absolute atomic E-state index is 10.6. The molecule has 0 bridgehead atoms. The summed E-state index contributed by atoms with van der Waals surface area (Å²) in [5.41, 5.74) is -0.399. The Kier molecular flexibility index (Phi) is 3.23. The van der Waals surface area contributed by atoms with E-state index in [1.165, 1.54) is 6.42 Å². The van der Waals surface area contributed by atoms with Crippen LogP contribution in [0.15, 0.2) is 0 Å². The van der Waals surface area contributed by atoms with Gasteiger partial charge in [-0.05, 0) is 30.6 Å². The molecule has 0 radical (unpaired) electrons. The second-order valence-corrected chi connectivity index (χ2v) is 5.20. The molecule has 0 aliphatic heterocycles. The summed E-state index contributed by atoms with van der Waals surface area (Å²) in [5.74, 6) is 0.616. The maximum atomic E-state index is 10.6. The van der Waals surface area contributed by atoms with Gasteiger partial charge in [0.05, 0.1) is 0 Å². The molecule has 0 spiro atoms. The standard InChI is InChI=1S/C10H17ClO2/c1-7-4-8(13-9(11)12)6-10(2,3)5-7/h7-8H,4-6H2,1-3H3/t7-,8+/m1/s1. The summed E-state index contributed by atoms with van der Waals surface area (Å²) >= 11 is 5.19. The third-order valence-corrected chi connectivity index (χ3v) is 2.69. The van der Waals surface area contributed by atoms with Crippen molar-refractivity contribution in [2.75, 3.05) is 0 Å². The number of halogens is 1. The Morgan fingerprint density at radius 2 is 2.08 bits per heavy atom. The molecule has 0 aromatic carbocycles. The molecule has 2 nitrogen and oxygen atoms in total. The quantitative estimate of drug-likeness (QED) is 0.611. The minimum atomic E-state index is -0.671. The third kappa shape index (κ3) is 3.55. The molecule has 0 N–H and O–H groups in total. The molecule has 2 atom stereocenters. The van der Waals surface area contributed by atoms with Gasteiger partial charge in [0.15, 0.2) is 0 Å². The van der Waals surface area contributed by atoms with Crippen molar-refractivity contribution in [3.63, 3.8) is 0 Å². The summed E-state index contributed by atoms with van der Waals surface area (Å²) in [6.07, 6.45) is 3.09. The van der Waals surface area contributed by atoms with Crippen molar-refractivity contribution in [3.8, 4) is 0 Å². The summed E-state index contributed by atoms with van der Waals surface area (Å²) in [7, 11) is 0. The van der Waals surface area contributed by atoms with Crippen LogP contribution in [0.3, 0.4) is 0 Å². The first-order valence-electron chi connectivity index (χ1n) is 4.75. The molecule has 1 aliphatic carbocycles. The SMILES string of the molecule is C[C@@H]1C[C@H](OC(=O)Cl)CC(C)(C)C1. The molecule has 13 heavy (non-hydrogen) atoms. The first kappa shape index (κ1) is 10.8. The van der Waals surface area contributed by atoms with E-state index in [1.54, 1.807) is 0 Å². The monoisotopic (exact) mass is 204 g/mol. The summed E-state index contributed by atoms with van der Waals surface area (Å²) in [5, 5.41) is 0. The van der Waals surface area contributed by atoms with E-state index in [2.05, 4.69) is 20.8 Å². The fourth-order valence-corrected chi connectivity index (χ4v) is 2.61. The number of hydrogen-bond acceptors (Lipinski definition) is 2. The van der Waals surface area contributed by atoms with E-state index in [0.29, 0.717) is 5.92 Å². The predicted molar refractivity (Wildman–Crippen MR) is 52.9 cm³/mol. The average Bonchev–Trinajstić information content (AvgIpc) is 1.78. The van der Waals surface area contributed by atoms with E-state index < -0.39 is 5.43 Å². The number of hydrogen-bond donors (Lipinski definition) is 0. The highest BCUT2D eigenvalue weighted by molar-refractivity contribution is 6.61. The molecule has 0 unspecified atom stereocenters. The lowest BCUT2D eigenvalue weighted by molar-refractivity contribution is 0.0301. The van der Waals surface area contributed by atoms with Crippen molar-refractivity contribution >= 4 is 17.0 Å². The second-order valence-electron chi connectivity index (χ2n) is 4.89. The number of rotatable bonds is 1. The largest absolute Gasteiger partial charge is 0.450 e. The zero-order valence-corrected chi connectivity index (χ0v) is 9.23. The first-order chi connectivity index (χ1) is 5.89. The Balaban J connectivity index is 2.52. The molecule has 1 saturated carbocycles. The zero-order chi connectivity index (χ0) is 10.1. The lowest BCUT2D eigenvalue weighted by Crippen LogP contribution is -2.33. The van der Waals surface area contributed by atoms with Gasteiger partial charge in [0, 0.05) is 11.6 Å². The summed E-state index contributed by atoms with van der Waals surface area (Å²) in [6, 6.07) is 0. The van der Waals surface area contributed by atoms with Gasteiger partial charge in [-0.3, -0.25) is 0 Å². The smallest absolute Gasteiger partial charge is 0.404 e. The van der Waals surface area contributed by atoms with Crippen molar-refractivity contribution < 1.29 is 9.53 Å². The topological polar surface area (TPSA) is 26.3 Å². The molecule has 1 aliphatic rings. The fourth-order valence-electron chi connectivity index (χ4n) is 2.48. The van der Waals surface area contributed by atoms with Crippen LogP contribution in [-0.2, 0) is 4.74 Å². The lowest BCUT2D eigenvalue weighted by Gasteiger charge is -2.37. The van der Waals surface area contributed by atoms with Crippen LogP contribution < -0.4 is 0 Å². The maximum Gasteiger partial charge on any atom is 0.404 e. The summed E-state index contributed by atoms with van der Waals surface area (Å²) in [4.78, 5) is 10.6. The molecule has 0 amide bonds. The molecule has 1 fully saturated rings. The highest BCUT2D eigenvalue weighted by atomic mass is 35.5. The van der Waals surface area contributed by atoms with Gasteiger partial charge in [-0.2, -0.15) is 0 Å². The molecule has 76 valence electrons. The summed E-state index contributed by atoms with van der Waals surface area (Å²) < 4.78 is 5.02. The van der Waals surface area contributed by atoms with Gasteiger partial charge in [0.2, 0.25) is 0 Å². The number of ether oxygens (including phenoxy) is 1. The van der Waals surface area contributed by atoms with E-state index in [1.807, 2.05) is 0 Å². The van der Waals surface area contributed by atoms with E-state index in [-0.39, 0.29) is 11.5 Å². The molecule has 1 rings (SSSR count). The Morgan fingerprint density at radius 3 is 2.54 bits per heavy atom. The van der Waals surface area contributed by atoms with E-state index >= 15 is 0 Å². The van der Waals surface area contributed by atoms with Gasteiger partial charge in [-0.15, -0.1) is 0 Å². The highest BCUT2D eigenvalue weighted by Gasteiger charge is 2.33. The molecule has 0 heterocycles. The molecule has 3 heteroatoms. The molecular weight excluding hydrogens is 188 g/mol. The average molecular weight is 205 g/mol. The Morgan fingerprint density at radius 1 is 1.46 bits per heavy atom. The second kappa shape index (κ2) is 3.87. The Labute approximate surface area is 84.6 Å². The van der Waals surface area contributed by atoms with E-state index in [9.17, 15) is 4.79 Å². The van der Waals surface area contributed by atoms with Gasteiger partial charge >= 0.3 is 5.43 Å². The molecule has 0 aromatic heterocycles.